The van der Waals surface area contributed by atoms with Crippen LogP contribution in [-0.2, 0) is 9.53 Å². The van der Waals surface area contributed by atoms with E-state index in [-0.39, 0.29) is 19.1 Å². The molecule has 0 rings (SSSR count). The highest BCUT2D eigenvalue weighted by Crippen LogP contribution is 1.93. The van der Waals surface area contributed by atoms with Gasteiger partial charge < -0.3 is 26.0 Å². The van der Waals surface area contributed by atoms with Gasteiger partial charge in [0.15, 0.2) is 6.29 Å². The van der Waals surface area contributed by atoms with Crippen LogP contribution in [0.2, 0.25) is 0 Å². The van der Waals surface area contributed by atoms with E-state index in [1.54, 1.807) is 0 Å². The smallest absolute Gasteiger partial charge is 0.220 e. The van der Waals surface area contributed by atoms with Crippen molar-refractivity contribution in [3.8, 4) is 12.3 Å². The van der Waals surface area contributed by atoms with E-state index in [4.69, 9.17) is 27.1 Å². The lowest BCUT2D eigenvalue weighted by atomic mass is 10.3. The number of amides is 1. The molecule has 0 heterocycles. The highest BCUT2D eigenvalue weighted by atomic mass is 16.5. The van der Waals surface area contributed by atoms with Gasteiger partial charge in [-0.05, 0) is 6.42 Å². The normalized spacial score (nSPS) is 12.2. The van der Waals surface area contributed by atoms with Gasteiger partial charge in [-0.25, -0.2) is 0 Å². The Morgan fingerprint density at radius 3 is 2.81 bits per heavy atom. The second-order valence-corrected chi connectivity index (χ2v) is 3.24. The van der Waals surface area contributed by atoms with Crippen molar-refractivity contribution in [1.82, 2.24) is 5.32 Å². The van der Waals surface area contributed by atoms with Crippen molar-refractivity contribution in [2.24, 2.45) is 5.73 Å². The summed E-state index contributed by atoms with van der Waals surface area (Å²) in [6.45, 7) is 0.606. The molecule has 0 aromatic rings. The summed E-state index contributed by atoms with van der Waals surface area (Å²) in [6.07, 6.45) is 4.23. The summed E-state index contributed by atoms with van der Waals surface area (Å²) in [6, 6.07) is -0.824. The molecule has 6 nitrogen and oxygen atoms in total. The van der Waals surface area contributed by atoms with Crippen molar-refractivity contribution in [3.63, 3.8) is 0 Å². The number of hydrogen-bond donors (Lipinski definition) is 4. The number of nitrogens with two attached hydrogens (primary N) is 1. The highest BCUT2D eigenvalue weighted by molar-refractivity contribution is 5.76. The molecule has 0 aliphatic rings. The van der Waals surface area contributed by atoms with Gasteiger partial charge >= 0.3 is 0 Å². The molecule has 6 heteroatoms. The Balaban J connectivity index is 3.34. The van der Waals surface area contributed by atoms with Crippen LogP contribution in [0.15, 0.2) is 0 Å². The van der Waals surface area contributed by atoms with Crippen LogP contribution in [0.3, 0.4) is 0 Å². The number of carbonyl (C=O) groups is 1. The van der Waals surface area contributed by atoms with Crippen molar-refractivity contribution in [3.05, 3.63) is 0 Å². The molecule has 0 aromatic carbocycles. The highest BCUT2D eigenvalue weighted by Gasteiger charge is 2.10. The third kappa shape index (κ3) is 8.20. The fourth-order valence-corrected chi connectivity index (χ4v) is 0.878. The van der Waals surface area contributed by atoms with Crippen LogP contribution in [-0.4, -0.2) is 48.2 Å². The van der Waals surface area contributed by atoms with E-state index >= 15 is 0 Å². The molecule has 0 saturated heterocycles. The summed E-state index contributed by atoms with van der Waals surface area (Å²) in [5.74, 6) is 2.16. The number of aliphatic hydroxyl groups excluding tert-OH is 1. The summed E-state index contributed by atoms with van der Waals surface area (Å²) in [5, 5.41) is 19.8. The van der Waals surface area contributed by atoms with Crippen molar-refractivity contribution < 1.29 is 19.7 Å². The Morgan fingerprint density at radius 1 is 1.56 bits per heavy atom. The molecule has 92 valence electrons. The minimum atomic E-state index is -1.58. The predicted octanol–water partition coefficient (Wildman–Crippen LogP) is -1.83. The first kappa shape index (κ1) is 14.9. The van der Waals surface area contributed by atoms with Crippen molar-refractivity contribution in [1.29, 1.82) is 0 Å². The van der Waals surface area contributed by atoms with E-state index in [2.05, 4.69) is 11.2 Å². The Morgan fingerprint density at radius 2 is 2.25 bits per heavy atom. The third-order valence-electron chi connectivity index (χ3n) is 1.77. The summed E-state index contributed by atoms with van der Waals surface area (Å²) in [4.78, 5) is 11.0. The van der Waals surface area contributed by atoms with Gasteiger partial charge in [-0.2, -0.15) is 0 Å². The zero-order chi connectivity index (χ0) is 12.4. The van der Waals surface area contributed by atoms with Crippen molar-refractivity contribution in [2.75, 3.05) is 19.8 Å². The Labute approximate surface area is 94.8 Å². The molecule has 16 heavy (non-hydrogen) atoms. The van der Waals surface area contributed by atoms with Gasteiger partial charge in [0.2, 0.25) is 5.91 Å². The lowest BCUT2D eigenvalue weighted by Gasteiger charge is -2.13. The summed E-state index contributed by atoms with van der Waals surface area (Å²) in [7, 11) is 0. The molecule has 0 fully saturated rings. The van der Waals surface area contributed by atoms with E-state index in [9.17, 15) is 4.79 Å². The monoisotopic (exact) mass is 230 g/mol. The topological polar surface area (TPSA) is 105 Å². The minimum absolute atomic E-state index is 0.0453. The lowest BCUT2D eigenvalue weighted by molar-refractivity contribution is -0.121. The van der Waals surface area contributed by atoms with Crippen LogP contribution in [0.25, 0.3) is 0 Å². The van der Waals surface area contributed by atoms with Gasteiger partial charge in [-0.1, -0.05) is 5.92 Å². The SMILES string of the molecule is C#CCNC(=O)CCCOC[C@H](N)C(O)O. The number of nitrogens with one attached hydrogen (secondary N) is 1. The fourth-order valence-electron chi connectivity index (χ4n) is 0.878. The second-order valence-electron chi connectivity index (χ2n) is 3.24. The van der Waals surface area contributed by atoms with E-state index in [0.29, 0.717) is 19.4 Å². The van der Waals surface area contributed by atoms with E-state index in [0.717, 1.165) is 0 Å². The quantitative estimate of drug-likeness (QED) is 0.223. The van der Waals surface area contributed by atoms with Crippen LogP contribution in [0.5, 0.6) is 0 Å². The van der Waals surface area contributed by atoms with Gasteiger partial charge in [0.25, 0.3) is 0 Å². The maximum atomic E-state index is 11.0. The fraction of sp³-hybridized carbons (Fsp3) is 0.700. The molecule has 0 unspecified atom stereocenters. The van der Waals surface area contributed by atoms with Crippen LogP contribution in [0, 0.1) is 12.3 Å². The summed E-state index contributed by atoms with van der Waals surface area (Å²) >= 11 is 0. The summed E-state index contributed by atoms with van der Waals surface area (Å²) < 4.78 is 5.05. The van der Waals surface area contributed by atoms with Gasteiger partial charge in [0.1, 0.15) is 0 Å². The van der Waals surface area contributed by atoms with E-state index < -0.39 is 12.3 Å². The van der Waals surface area contributed by atoms with Crippen LogP contribution >= 0.6 is 0 Å². The standard InChI is InChI=1S/C10H18N2O4/c1-2-5-12-9(13)4-3-6-16-7-8(11)10(14)15/h1,8,10,14-15H,3-7,11H2,(H,12,13)/t8-/m0/s1. The van der Waals surface area contributed by atoms with Gasteiger partial charge in [0.05, 0.1) is 19.2 Å². The number of carbonyl (C=O) groups excluding carboxylic acids is 1. The molecule has 0 aliphatic carbocycles. The molecule has 1 atom stereocenters. The molecule has 0 saturated carbocycles. The van der Waals surface area contributed by atoms with Gasteiger partial charge in [0, 0.05) is 13.0 Å². The van der Waals surface area contributed by atoms with Crippen LogP contribution < -0.4 is 11.1 Å². The van der Waals surface area contributed by atoms with E-state index in [1.165, 1.54) is 0 Å². The zero-order valence-corrected chi connectivity index (χ0v) is 9.06. The molecule has 0 aliphatic heterocycles. The average Bonchev–Trinajstić information content (AvgIpc) is 2.25. The minimum Gasteiger partial charge on any atom is -0.380 e. The van der Waals surface area contributed by atoms with Gasteiger partial charge in [-0.3, -0.25) is 4.79 Å². The number of hydrogen-bond acceptors (Lipinski definition) is 5. The Hall–Kier alpha value is -1.13. The van der Waals surface area contributed by atoms with Crippen molar-refractivity contribution >= 4 is 5.91 Å². The molecular weight excluding hydrogens is 212 g/mol. The number of aliphatic hydroxyl groups is 2. The lowest BCUT2D eigenvalue weighted by Crippen LogP contribution is -2.38. The number of ether oxygens (including phenoxy) is 1. The first-order valence-corrected chi connectivity index (χ1v) is 4.97. The number of rotatable bonds is 8. The van der Waals surface area contributed by atoms with Crippen LogP contribution in [0.4, 0.5) is 0 Å². The van der Waals surface area contributed by atoms with Crippen LogP contribution in [0.1, 0.15) is 12.8 Å². The Bertz CT molecular complexity index is 237. The van der Waals surface area contributed by atoms with E-state index in [1.807, 2.05) is 0 Å². The van der Waals surface area contributed by atoms with Crippen molar-refractivity contribution in [2.45, 2.75) is 25.2 Å². The molecule has 0 bridgehead atoms. The maximum absolute atomic E-state index is 11.0. The van der Waals surface area contributed by atoms with Gasteiger partial charge in [-0.15, -0.1) is 6.42 Å². The maximum Gasteiger partial charge on any atom is 0.220 e. The zero-order valence-electron chi connectivity index (χ0n) is 9.06. The molecule has 5 N–H and O–H groups in total. The molecule has 0 radical (unpaired) electrons. The third-order valence-corrected chi connectivity index (χ3v) is 1.77. The molecule has 0 aromatic heterocycles. The summed E-state index contributed by atoms with van der Waals surface area (Å²) in [5.41, 5.74) is 5.30. The predicted molar refractivity (Wildman–Crippen MR) is 58.1 cm³/mol. The first-order valence-electron chi connectivity index (χ1n) is 4.97. The molecule has 1 amide bonds. The molecule has 0 spiro atoms. The average molecular weight is 230 g/mol. The molecular formula is C10H18N2O4. The largest absolute Gasteiger partial charge is 0.380 e. The second kappa shape index (κ2) is 9.12. The Kier molecular flexibility index (Phi) is 8.48. The number of terminal acetylenes is 1. The first-order chi connectivity index (χ1) is 7.57.